The highest BCUT2D eigenvalue weighted by atomic mass is 19.1. The fourth-order valence-corrected chi connectivity index (χ4v) is 2.60. The molecule has 0 bridgehead atoms. The van der Waals surface area contributed by atoms with Gasteiger partial charge in [0.2, 0.25) is 12.3 Å². The lowest BCUT2D eigenvalue weighted by Gasteiger charge is -2.11. The summed E-state index contributed by atoms with van der Waals surface area (Å²) in [5.41, 5.74) is 2.37. The molecule has 0 aliphatic heterocycles. The van der Waals surface area contributed by atoms with E-state index in [0.29, 0.717) is 28.7 Å². The van der Waals surface area contributed by atoms with Crippen molar-refractivity contribution in [1.82, 2.24) is 4.98 Å². The van der Waals surface area contributed by atoms with Gasteiger partial charge in [0.15, 0.2) is 5.82 Å². The second-order valence-corrected chi connectivity index (χ2v) is 5.05. The Morgan fingerprint density at radius 2 is 1.96 bits per heavy atom. The van der Waals surface area contributed by atoms with E-state index in [0.717, 1.165) is 11.5 Å². The Morgan fingerprint density at radius 1 is 1.12 bits per heavy atom. The molecule has 3 rings (SSSR count). The Balaban J connectivity index is 2.14. The molecule has 1 aromatic heterocycles. The van der Waals surface area contributed by atoms with Gasteiger partial charge in [-0.3, -0.25) is 9.59 Å². The van der Waals surface area contributed by atoms with E-state index in [1.54, 1.807) is 36.5 Å². The van der Waals surface area contributed by atoms with Crippen molar-refractivity contribution < 1.29 is 14.0 Å². The molecule has 2 aromatic carbocycles. The number of nitrogens with one attached hydrogen (secondary N) is 3. The predicted octanol–water partition coefficient (Wildman–Crippen LogP) is 3.67. The number of halogens is 1. The van der Waals surface area contributed by atoms with Crippen LogP contribution in [0.1, 0.15) is 0 Å². The van der Waals surface area contributed by atoms with Crippen molar-refractivity contribution in [3.8, 4) is 11.1 Å². The summed E-state index contributed by atoms with van der Waals surface area (Å²) < 4.78 is 14.8. The van der Waals surface area contributed by atoms with Gasteiger partial charge in [-0.05, 0) is 29.8 Å². The monoisotopic (exact) mass is 323 g/mol. The van der Waals surface area contributed by atoms with Gasteiger partial charge in [-0.1, -0.05) is 24.8 Å². The van der Waals surface area contributed by atoms with Gasteiger partial charge >= 0.3 is 0 Å². The van der Waals surface area contributed by atoms with Crippen LogP contribution in [0, 0.1) is 5.82 Å². The minimum absolute atomic E-state index is 0.0798. The summed E-state index contributed by atoms with van der Waals surface area (Å²) in [6, 6.07) is 9.99. The molecule has 0 saturated heterocycles. The van der Waals surface area contributed by atoms with E-state index in [4.69, 9.17) is 0 Å². The van der Waals surface area contributed by atoms with Crippen LogP contribution in [0.4, 0.5) is 15.8 Å². The zero-order valence-corrected chi connectivity index (χ0v) is 12.6. The summed E-state index contributed by atoms with van der Waals surface area (Å²) >= 11 is 0. The lowest BCUT2D eigenvalue weighted by atomic mass is 9.99. The number of aromatic nitrogens is 1. The Kier molecular flexibility index (Phi) is 4.11. The average Bonchev–Trinajstić information content (AvgIpc) is 3.07. The van der Waals surface area contributed by atoms with E-state index < -0.39 is 11.7 Å². The number of hydrogen-bond donors (Lipinski definition) is 3. The molecule has 0 unspecified atom stereocenters. The largest absolute Gasteiger partial charge is 0.359 e. The number of carbonyl (C=O) groups is 2. The molecule has 0 fully saturated rings. The second-order valence-electron chi connectivity index (χ2n) is 5.05. The molecule has 0 aliphatic rings. The Bertz CT molecular complexity index is 947. The molecule has 24 heavy (non-hydrogen) atoms. The highest BCUT2D eigenvalue weighted by Crippen LogP contribution is 2.35. The minimum Gasteiger partial charge on any atom is -0.359 e. The lowest BCUT2D eigenvalue weighted by Crippen LogP contribution is -2.09. The molecule has 0 spiro atoms. The fourth-order valence-electron chi connectivity index (χ4n) is 2.60. The van der Waals surface area contributed by atoms with E-state index in [2.05, 4.69) is 22.2 Å². The van der Waals surface area contributed by atoms with E-state index in [9.17, 15) is 14.0 Å². The van der Waals surface area contributed by atoms with Gasteiger partial charge < -0.3 is 15.6 Å². The average molecular weight is 323 g/mol. The third-order valence-corrected chi connectivity index (χ3v) is 3.67. The van der Waals surface area contributed by atoms with Gasteiger partial charge in [0, 0.05) is 17.1 Å². The highest BCUT2D eigenvalue weighted by molar-refractivity contribution is 6.04. The SMILES string of the molecule is C=CC(=O)Nc1cccc(-c2ccc(NC=O)c3[nH]ccc23)c1F. The number of anilines is 2. The predicted molar refractivity (Wildman–Crippen MR) is 92.2 cm³/mol. The first-order chi connectivity index (χ1) is 11.7. The lowest BCUT2D eigenvalue weighted by molar-refractivity contribution is -0.112. The number of H-pyrrole nitrogens is 1. The molecular weight excluding hydrogens is 309 g/mol. The number of amides is 2. The van der Waals surface area contributed by atoms with Gasteiger partial charge in [0.25, 0.3) is 0 Å². The number of rotatable bonds is 5. The van der Waals surface area contributed by atoms with Crippen LogP contribution >= 0.6 is 0 Å². The number of carbonyl (C=O) groups excluding carboxylic acids is 2. The molecule has 3 aromatic rings. The molecule has 3 N–H and O–H groups in total. The van der Waals surface area contributed by atoms with Crippen molar-refractivity contribution in [3.05, 3.63) is 61.1 Å². The summed E-state index contributed by atoms with van der Waals surface area (Å²) in [4.78, 5) is 25.1. The molecule has 120 valence electrons. The van der Waals surface area contributed by atoms with Crippen LogP contribution in [0.2, 0.25) is 0 Å². The van der Waals surface area contributed by atoms with Gasteiger partial charge in [-0.25, -0.2) is 4.39 Å². The first-order valence-electron chi connectivity index (χ1n) is 7.18. The molecular formula is C18H14FN3O2. The van der Waals surface area contributed by atoms with Crippen molar-refractivity contribution in [1.29, 1.82) is 0 Å². The van der Waals surface area contributed by atoms with Crippen LogP contribution in [0.5, 0.6) is 0 Å². The van der Waals surface area contributed by atoms with Gasteiger partial charge in [-0.2, -0.15) is 0 Å². The fraction of sp³-hybridized carbons (Fsp3) is 0. The van der Waals surface area contributed by atoms with Crippen LogP contribution in [0.15, 0.2) is 55.3 Å². The Labute approximate surface area is 137 Å². The Morgan fingerprint density at radius 3 is 2.71 bits per heavy atom. The number of aromatic amines is 1. The van der Waals surface area contributed by atoms with Crippen LogP contribution < -0.4 is 10.6 Å². The van der Waals surface area contributed by atoms with E-state index in [1.165, 1.54) is 6.07 Å². The quantitative estimate of drug-likeness (QED) is 0.495. The van der Waals surface area contributed by atoms with Gasteiger partial charge in [0.1, 0.15) is 0 Å². The van der Waals surface area contributed by atoms with Crippen molar-refractivity contribution >= 4 is 34.6 Å². The highest BCUT2D eigenvalue weighted by Gasteiger charge is 2.15. The number of hydrogen-bond acceptors (Lipinski definition) is 2. The topological polar surface area (TPSA) is 74.0 Å². The van der Waals surface area contributed by atoms with Crippen molar-refractivity contribution in [3.63, 3.8) is 0 Å². The van der Waals surface area contributed by atoms with Crippen molar-refractivity contribution in [2.24, 2.45) is 0 Å². The van der Waals surface area contributed by atoms with E-state index in [1.807, 2.05) is 0 Å². The standard InChI is InChI=1S/C18H14FN3O2/c1-2-16(24)22-14-5-3-4-12(17(14)19)11-6-7-15(21-10-23)18-13(11)8-9-20-18/h2-10,20H,1H2,(H,21,23)(H,22,24). The summed E-state index contributed by atoms with van der Waals surface area (Å²) in [6.07, 6.45) is 3.38. The molecule has 0 atom stereocenters. The molecule has 0 radical (unpaired) electrons. The first kappa shape index (κ1) is 15.5. The van der Waals surface area contributed by atoms with Crippen LogP contribution in [-0.2, 0) is 9.59 Å². The third-order valence-electron chi connectivity index (χ3n) is 3.67. The van der Waals surface area contributed by atoms with Crippen molar-refractivity contribution in [2.45, 2.75) is 0 Å². The van der Waals surface area contributed by atoms with Gasteiger partial charge in [0.05, 0.1) is 16.9 Å². The van der Waals surface area contributed by atoms with Crippen molar-refractivity contribution in [2.75, 3.05) is 10.6 Å². The normalized spacial score (nSPS) is 10.4. The van der Waals surface area contributed by atoms with E-state index >= 15 is 0 Å². The third kappa shape index (κ3) is 2.65. The molecule has 0 saturated carbocycles. The Hall–Kier alpha value is -3.41. The minimum atomic E-state index is -0.536. The first-order valence-corrected chi connectivity index (χ1v) is 7.18. The second kappa shape index (κ2) is 6.37. The zero-order valence-electron chi connectivity index (χ0n) is 12.6. The maximum atomic E-state index is 14.8. The van der Waals surface area contributed by atoms with Gasteiger partial charge in [-0.15, -0.1) is 0 Å². The maximum Gasteiger partial charge on any atom is 0.247 e. The molecule has 0 aliphatic carbocycles. The summed E-state index contributed by atoms with van der Waals surface area (Å²) in [7, 11) is 0. The van der Waals surface area contributed by atoms with Crippen LogP contribution in [0.25, 0.3) is 22.0 Å². The summed E-state index contributed by atoms with van der Waals surface area (Å²) in [5.74, 6) is -1.02. The summed E-state index contributed by atoms with van der Waals surface area (Å²) in [5, 5.41) is 5.80. The van der Waals surface area contributed by atoms with E-state index in [-0.39, 0.29) is 5.69 Å². The van der Waals surface area contributed by atoms with Crippen LogP contribution in [-0.4, -0.2) is 17.3 Å². The zero-order chi connectivity index (χ0) is 17.1. The smallest absolute Gasteiger partial charge is 0.247 e. The maximum absolute atomic E-state index is 14.8. The molecule has 1 heterocycles. The molecule has 2 amide bonds. The van der Waals surface area contributed by atoms with Crippen LogP contribution in [0.3, 0.4) is 0 Å². The summed E-state index contributed by atoms with van der Waals surface area (Å²) in [6.45, 7) is 3.35. The molecule has 5 nitrogen and oxygen atoms in total. The molecule has 6 heteroatoms. The number of fused-ring (bicyclic) bond motifs is 1. The number of benzene rings is 2.